The molecule has 2 N–H and O–H groups in total. The molecule has 0 spiro atoms. The van der Waals surface area contributed by atoms with E-state index in [1.54, 1.807) is 23.3 Å². The lowest BCUT2D eigenvalue weighted by Gasteiger charge is -2.21. The first kappa shape index (κ1) is 13.2. The number of likely N-dealkylation sites (N-methyl/N-ethyl adjacent to an activating group) is 1. The Hall–Kier alpha value is -0.870. The molecule has 16 heavy (non-hydrogen) atoms. The molecule has 0 saturated heterocycles. The zero-order chi connectivity index (χ0) is 12.1. The van der Waals surface area contributed by atoms with Gasteiger partial charge < -0.3 is 10.6 Å². The van der Waals surface area contributed by atoms with E-state index in [1.165, 1.54) is 0 Å². The average Bonchev–Trinajstić information content (AvgIpc) is 2.68. The second-order valence-electron chi connectivity index (χ2n) is 4.56. The van der Waals surface area contributed by atoms with E-state index in [0.29, 0.717) is 12.5 Å². The smallest absolute Gasteiger partial charge is 0.239 e. The van der Waals surface area contributed by atoms with Gasteiger partial charge in [-0.05, 0) is 34.7 Å². The largest absolute Gasteiger partial charge is 0.340 e. The molecule has 1 unspecified atom stereocenters. The number of carbonyl (C=O) groups excluding carboxylic acids is 1. The maximum atomic E-state index is 11.9. The fourth-order valence-electron chi connectivity index (χ4n) is 1.63. The summed E-state index contributed by atoms with van der Waals surface area (Å²) in [6.07, 6.45) is 0.743. The third-order valence-electron chi connectivity index (χ3n) is 2.42. The molecule has 0 radical (unpaired) electrons. The molecular weight excluding hydrogens is 220 g/mol. The van der Waals surface area contributed by atoms with Crippen LogP contribution in [0.1, 0.15) is 25.8 Å². The summed E-state index contributed by atoms with van der Waals surface area (Å²) in [4.78, 5) is 13.6. The number of hydrogen-bond donors (Lipinski definition) is 1. The molecule has 1 amide bonds. The molecule has 0 aliphatic carbocycles. The van der Waals surface area contributed by atoms with Crippen LogP contribution in [0.5, 0.6) is 0 Å². The van der Waals surface area contributed by atoms with Gasteiger partial charge in [-0.25, -0.2) is 0 Å². The molecule has 0 aromatic carbocycles. The summed E-state index contributed by atoms with van der Waals surface area (Å²) in [5.41, 5.74) is 7.02. The highest BCUT2D eigenvalue weighted by Crippen LogP contribution is 2.10. The Labute approximate surface area is 101 Å². The molecule has 90 valence electrons. The molecule has 1 atom stereocenters. The van der Waals surface area contributed by atoms with Crippen molar-refractivity contribution in [3.8, 4) is 0 Å². The van der Waals surface area contributed by atoms with Gasteiger partial charge in [-0.3, -0.25) is 4.79 Å². The van der Waals surface area contributed by atoms with Crippen molar-refractivity contribution >= 4 is 17.2 Å². The van der Waals surface area contributed by atoms with E-state index < -0.39 is 0 Å². The first-order chi connectivity index (χ1) is 7.50. The number of carbonyl (C=O) groups is 1. The third-order valence-corrected chi connectivity index (χ3v) is 3.15. The van der Waals surface area contributed by atoms with Crippen LogP contribution in [0, 0.1) is 5.92 Å². The van der Waals surface area contributed by atoms with Gasteiger partial charge in [0.15, 0.2) is 0 Å². The van der Waals surface area contributed by atoms with Gasteiger partial charge in [0.1, 0.15) is 0 Å². The number of nitrogens with two attached hydrogens (primary N) is 1. The normalized spacial score (nSPS) is 12.8. The lowest BCUT2D eigenvalue weighted by atomic mass is 10.0. The van der Waals surface area contributed by atoms with Gasteiger partial charge >= 0.3 is 0 Å². The summed E-state index contributed by atoms with van der Waals surface area (Å²) in [5, 5.41) is 4.07. The summed E-state index contributed by atoms with van der Waals surface area (Å²) in [5.74, 6) is 0.480. The molecule has 1 heterocycles. The lowest BCUT2D eigenvalue weighted by molar-refractivity contribution is -0.132. The molecule has 0 fully saturated rings. The number of amides is 1. The number of rotatable bonds is 5. The molecule has 1 aromatic rings. The molecule has 0 saturated carbocycles. The van der Waals surface area contributed by atoms with Crippen molar-refractivity contribution in [1.29, 1.82) is 0 Å². The minimum absolute atomic E-state index is 0.0277. The lowest BCUT2D eigenvalue weighted by Crippen LogP contribution is -2.42. The summed E-state index contributed by atoms with van der Waals surface area (Å²) >= 11 is 1.64. The van der Waals surface area contributed by atoms with Crippen molar-refractivity contribution in [3.63, 3.8) is 0 Å². The van der Waals surface area contributed by atoms with Gasteiger partial charge in [-0.15, -0.1) is 0 Å². The molecule has 0 aliphatic rings. The van der Waals surface area contributed by atoms with Gasteiger partial charge in [0.2, 0.25) is 5.91 Å². The van der Waals surface area contributed by atoms with Crippen molar-refractivity contribution in [2.45, 2.75) is 32.9 Å². The molecule has 4 heteroatoms. The van der Waals surface area contributed by atoms with Crippen molar-refractivity contribution in [1.82, 2.24) is 4.90 Å². The molecule has 3 nitrogen and oxygen atoms in total. The third kappa shape index (κ3) is 3.94. The average molecular weight is 240 g/mol. The quantitative estimate of drug-likeness (QED) is 0.856. The van der Waals surface area contributed by atoms with E-state index in [0.717, 1.165) is 12.0 Å². The predicted octanol–water partition coefficient (Wildman–Crippen LogP) is 2.08. The van der Waals surface area contributed by atoms with E-state index in [-0.39, 0.29) is 11.9 Å². The van der Waals surface area contributed by atoms with Gasteiger partial charge in [-0.1, -0.05) is 13.8 Å². The van der Waals surface area contributed by atoms with Crippen molar-refractivity contribution in [3.05, 3.63) is 22.4 Å². The van der Waals surface area contributed by atoms with Crippen LogP contribution in [0.4, 0.5) is 0 Å². The van der Waals surface area contributed by atoms with Crippen LogP contribution in [0.15, 0.2) is 16.8 Å². The number of hydrogen-bond acceptors (Lipinski definition) is 3. The Morgan fingerprint density at radius 1 is 1.56 bits per heavy atom. The molecule has 0 bridgehead atoms. The van der Waals surface area contributed by atoms with Crippen molar-refractivity contribution in [2.75, 3.05) is 7.05 Å². The zero-order valence-electron chi connectivity index (χ0n) is 10.1. The minimum atomic E-state index is -0.372. The van der Waals surface area contributed by atoms with E-state index in [9.17, 15) is 4.79 Å². The van der Waals surface area contributed by atoms with Gasteiger partial charge in [0.25, 0.3) is 0 Å². The Morgan fingerprint density at radius 2 is 2.25 bits per heavy atom. The first-order valence-electron chi connectivity index (χ1n) is 5.52. The first-order valence-corrected chi connectivity index (χ1v) is 6.46. The summed E-state index contributed by atoms with van der Waals surface area (Å²) < 4.78 is 0. The van der Waals surface area contributed by atoms with Crippen LogP contribution in [0.3, 0.4) is 0 Å². The Balaban J connectivity index is 2.47. The van der Waals surface area contributed by atoms with Crippen LogP contribution >= 0.6 is 11.3 Å². The number of nitrogens with zero attached hydrogens (tertiary/aromatic N) is 1. The van der Waals surface area contributed by atoms with Crippen LogP contribution in [-0.2, 0) is 11.3 Å². The zero-order valence-corrected chi connectivity index (χ0v) is 11.0. The molecule has 1 aromatic heterocycles. The van der Waals surface area contributed by atoms with Crippen LogP contribution in [-0.4, -0.2) is 23.9 Å². The minimum Gasteiger partial charge on any atom is -0.340 e. The summed E-state index contributed by atoms with van der Waals surface area (Å²) in [7, 11) is 1.81. The Kier molecular flexibility index (Phi) is 4.96. The second kappa shape index (κ2) is 6.01. The van der Waals surface area contributed by atoms with E-state index in [2.05, 4.69) is 19.2 Å². The predicted molar refractivity (Wildman–Crippen MR) is 68.2 cm³/mol. The fraction of sp³-hybridized carbons (Fsp3) is 0.583. The Bertz CT molecular complexity index is 322. The highest BCUT2D eigenvalue weighted by Gasteiger charge is 2.19. The molecule has 1 rings (SSSR count). The maximum absolute atomic E-state index is 11.9. The highest BCUT2D eigenvalue weighted by molar-refractivity contribution is 7.07. The van der Waals surface area contributed by atoms with Gasteiger partial charge in [0, 0.05) is 13.6 Å². The van der Waals surface area contributed by atoms with E-state index >= 15 is 0 Å². The van der Waals surface area contributed by atoms with Crippen LogP contribution < -0.4 is 5.73 Å². The number of thiophene rings is 1. The van der Waals surface area contributed by atoms with Crippen molar-refractivity contribution < 1.29 is 4.79 Å². The molecule has 0 aliphatic heterocycles. The summed E-state index contributed by atoms with van der Waals surface area (Å²) in [6, 6.07) is 1.66. The highest BCUT2D eigenvalue weighted by atomic mass is 32.1. The second-order valence-corrected chi connectivity index (χ2v) is 5.34. The molecular formula is C12H20N2OS. The van der Waals surface area contributed by atoms with Crippen LogP contribution in [0.25, 0.3) is 0 Å². The fourth-order valence-corrected chi connectivity index (χ4v) is 2.29. The summed E-state index contributed by atoms with van der Waals surface area (Å²) in [6.45, 7) is 4.80. The van der Waals surface area contributed by atoms with Gasteiger partial charge in [0.05, 0.1) is 6.04 Å². The van der Waals surface area contributed by atoms with Crippen LogP contribution in [0.2, 0.25) is 0 Å². The van der Waals surface area contributed by atoms with E-state index in [4.69, 9.17) is 5.73 Å². The topological polar surface area (TPSA) is 46.3 Å². The standard InChI is InChI=1S/C12H20N2OS/c1-9(2)6-11(13)12(15)14(3)7-10-4-5-16-8-10/h4-5,8-9,11H,6-7,13H2,1-3H3. The maximum Gasteiger partial charge on any atom is 0.239 e. The monoisotopic (exact) mass is 240 g/mol. The SMILES string of the molecule is CC(C)CC(N)C(=O)N(C)Cc1ccsc1. The van der Waals surface area contributed by atoms with E-state index in [1.807, 2.05) is 11.4 Å². The van der Waals surface area contributed by atoms with Gasteiger partial charge in [-0.2, -0.15) is 11.3 Å². The Morgan fingerprint density at radius 3 is 2.75 bits per heavy atom. The van der Waals surface area contributed by atoms with Crippen molar-refractivity contribution in [2.24, 2.45) is 11.7 Å².